The number of nitrogens with two attached hydrogens (primary N) is 1. The van der Waals surface area contributed by atoms with Crippen LogP contribution in [0.5, 0.6) is 0 Å². The molecule has 0 aliphatic rings. The predicted octanol–water partition coefficient (Wildman–Crippen LogP) is 2.86. The van der Waals surface area contributed by atoms with E-state index in [4.69, 9.17) is 14.9 Å². The summed E-state index contributed by atoms with van der Waals surface area (Å²) in [5.41, 5.74) is 7.12. The normalized spacial score (nSPS) is 10.3. The van der Waals surface area contributed by atoms with Crippen LogP contribution in [-0.4, -0.2) is 17.6 Å². The molecule has 1 heterocycles. The van der Waals surface area contributed by atoms with E-state index >= 15 is 0 Å². The molecule has 0 aliphatic carbocycles. The van der Waals surface area contributed by atoms with Crippen LogP contribution in [0.15, 0.2) is 33.5 Å². The number of esters is 1. The van der Waals surface area contributed by atoms with E-state index in [-0.39, 0.29) is 12.3 Å². The van der Waals surface area contributed by atoms with Crippen LogP contribution in [-0.2, 0) is 4.74 Å². The molecule has 1 aromatic heterocycles. The van der Waals surface area contributed by atoms with Crippen molar-refractivity contribution in [3.05, 3.63) is 34.8 Å². The summed E-state index contributed by atoms with van der Waals surface area (Å²) in [7, 11) is 0. The van der Waals surface area contributed by atoms with Crippen LogP contribution in [0.4, 0.5) is 5.69 Å². The van der Waals surface area contributed by atoms with Crippen molar-refractivity contribution >= 4 is 27.6 Å². The van der Waals surface area contributed by atoms with Crippen LogP contribution in [0.1, 0.15) is 17.4 Å². The van der Waals surface area contributed by atoms with Crippen LogP contribution in [0, 0.1) is 0 Å². The van der Waals surface area contributed by atoms with Gasteiger partial charge in [-0.2, -0.15) is 0 Å². The Bertz CT molecular complexity index is 580. The second-order valence-corrected chi connectivity index (χ2v) is 4.40. The van der Waals surface area contributed by atoms with Crippen molar-refractivity contribution in [1.82, 2.24) is 4.98 Å². The summed E-state index contributed by atoms with van der Waals surface area (Å²) in [4.78, 5) is 15.5. The van der Waals surface area contributed by atoms with Crippen LogP contribution in [0.2, 0.25) is 0 Å². The van der Waals surface area contributed by atoms with E-state index in [1.54, 1.807) is 19.1 Å². The molecule has 0 spiro atoms. The Labute approximate surface area is 112 Å². The first kappa shape index (κ1) is 12.6. The highest BCUT2D eigenvalue weighted by Crippen LogP contribution is 2.31. The minimum absolute atomic E-state index is 0.130. The maximum Gasteiger partial charge on any atom is 0.360 e. The van der Waals surface area contributed by atoms with Gasteiger partial charge < -0.3 is 14.9 Å². The molecule has 2 rings (SSSR count). The zero-order valence-electron chi connectivity index (χ0n) is 9.64. The molecule has 0 saturated carbocycles. The molecule has 2 N–H and O–H groups in total. The van der Waals surface area contributed by atoms with Gasteiger partial charge in [0.25, 0.3) is 0 Å². The lowest BCUT2D eigenvalue weighted by Crippen LogP contribution is -2.06. The van der Waals surface area contributed by atoms with Crippen molar-refractivity contribution in [3.63, 3.8) is 0 Å². The number of ether oxygens (including phenoxy) is 1. The summed E-state index contributed by atoms with van der Waals surface area (Å²) in [6, 6.07) is 5.29. The number of halogens is 1. The number of carbonyl (C=O) groups excluding carboxylic acids is 1. The van der Waals surface area contributed by atoms with Gasteiger partial charge in [-0.3, -0.25) is 0 Å². The fourth-order valence-corrected chi connectivity index (χ4v) is 1.90. The van der Waals surface area contributed by atoms with Gasteiger partial charge in [-0.15, -0.1) is 0 Å². The maximum absolute atomic E-state index is 11.7. The molecule has 0 radical (unpaired) electrons. The molecule has 0 amide bonds. The lowest BCUT2D eigenvalue weighted by Gasteiger charge is -2.05. The molecule has 94 valence electrons. The van der Waals surface area contributed by atoms with E-state index in [1.807, 2.05) is 6.07 Å². The van der Waals surface area contributed by atoms with Crippen LogP contribution in [0.25, 0.3) is 11.3 Å². The van der Waals surface area contributed by atoms with Crippen molar-refractivity contribution in [2.24, 2.45) is 0 Å². The third kappa shape index (κ3) is 2.38. The second-order valence-electron chi connectivity index (χ2n) is 3.48. The number of nitrogen functional groups attached to an aromatic ring is 1. The third-order valence-corrected chi connectivity index (χ3v) is 2.79. The van der Waals surface area contributed by atoms with Gasteiger partial charge in [0, 0.05) is 15.7 Å². The van der Waals surface area contributed by atoms with Crippen molar-refractivity contribution in [2.45, 2.75) is 6.92 Å². The van der Waals surface area contributed by atoms with Crippen molar-refractivity contribution < 1.29 is 13.9 Å². The molecule has 0 fully saturated rings. The van der Waals surface area contributed by atoms with E-state index in [9.17, 15) is 4.79 Å². The summed E-state index contributed by atoms with van der Waals surface area (Å²) < 4.78 is 11.0. The first-order chi connectivity index (χ1) is 8.63. The standard InChI is InChI=1S/C12H11BrN2O3/c1-2-17-12(16)10-11(18-6-15-10)8-4-3-7(13)5-9(8)14/h3-6H,2,14H2,1H3. The highest BCUT2D eigenvalue weighted by atomic mass is 79.9. The topological polar surface area (TPSA) is 78.3 Å². The third-order valence-electron chi connectivity index (χ3n) is 2.29. The van der Waals surface area contributed by atoms with Crippen LogP contribution >= 0.6 is 15.9 Å². The summed E-state index contributed by atoms with van der Waals surface area (Å²) in [6.07, 6.45) is 1.20. The molecule has 0 aliphatic heterocycles. The molecular weight excluding hydrogens is 300 g/mol. The summed E-state index contributed by atoms with van der Waals surface area (Å²) >= 11 is 3.31. The lowest BCUT2D eigenvalue weighted by atomic mass is 10.1. The molecular formula is C12H11BrN2O3. The summed E-state index contributed by atoms with van der Waals surface area (Å²) in [6.45, 7) is 2.01. The Morgan fingerprint density at radius 2 is 2.33 bits per heavy atom. The van der Waals surface area contributed by atoms with Crippen LogP contribution < -0.4 is 5.73 Å². The first-order valence-electron chi connectivity index (χ1n) is 5.29. The fourth-order valence-electron chi connectivity index (χ4n) is 1.52. The van der Waals surface area contributed by atoms with E-state index in [0.29, 0.717) is 17.0 Å². The van der Waals surface area contributed by atoms with Gasteiger partial charge in [0.1, 0.15) is 0 Å². The Hall–Kier alpha value is -1.82. The molecule has 0 unspecified atom stereocenters. The van der Waals surface area contributed by atoms with E-state index < -0.39 is 5.97 Å². The molecule has 0 saturated heterocycles. The van der Waals surface area contributed by atoms with Gasteiger partial charge in [0.15, 0.2) is 17.8 Å². The SMILES string of the molecule is CCOC(=O)c1ncoc1-c1ccc(Br)cc1N. The molecule has 18 heavy (non-hydrogen) atoms. The molecule has 1 aromatic carbocycles. The van der Waals surface area contributed by atoms with Crippen molar-refractivity contribution in [2.75, 3.05) is 12.3 Å². The van der Waals surface area contributed by atoms with Gasteiger partial charge >= 0.3 is 5.97 Å². The molecule has 5 nitrogen and oxygen atoms in total. The van der Waals surface area contributed by atoms with Crippen LogP contribution in [0.3, 0.4) is 0 Å². The number of aromatic nitrogens is 1. The fraction of sp³-hybridized carbons (Fsp3) is 0.167. The minimum Gasteiger partial charge on any atom is -0.461 e. The largest absolute Gasteiger partial charge is 0.461 e. The molecule has 0 bridgehead atoms. The number of oxazole rings is 1. The van der Waals surface area contributed by atoms with Crippen molar-refractivity contribution in [3.8, 4) is 11.3 Å². The highest BCUT2D eigenvalue weighted by molar-refractivity contribution is 9.10. The smallest absolute Gasteiger partial charge is 0.360 e. The van der Waals surface area contributed by atoms with Gasteiger partial charge in [-0.25, -0.2) is 9.78 Å². The predicted molar refractivity (Wildman–Crippen MR) is 70.0 cm³/mol. The van der Waals surface area contributed by atoms with Crippen molar-refractivity contribution in [1.29, 1.82) is 0 Å². The quantitative estimate of drug-likeness (QED) is 0.696. The zero-order valence-corrected chi connectivity index (χ0v) is 11.2. The number of carbonyl (C=O) groups is 1. The van der Waals surface area contributed by atoms with Gasteiger partial charge in [0.2, 0.25) is 0 Å². The van der Waals surface area contributed by atoms with E-state index in [0.717, 1.165) is 4.47 Å². The number of anilines is 1. The van der Waals surface area contributed by atoms with E-state index in [2.05, 4.69) is 20.9 Å². The Morgan fingerprint density at radius 3 is 3.00 bits per heavy atom. The molecule has 0 atom stereocenters. The molecule has 2 aromatic rings. The van der Waals surface area contributed by atoms with Gasteiger partial charge in [-0.05, 0) is 25.1 Å². The number of nitrogens with zero attached hydrogens (tertiary/aromatic N) is 1. The summed E-state index contributed by atoms with van der Waals surface area (Å²) in [5, 5.41) is 0. The second kappa shape index (κ2) is 5.22. The number of hydrogen-bond donors (Lipinski definition) is 1. The number of hydrogen-bond acceptors (Lipinski definition) is 5. The number of rotatable bonds is 3. The van der Waals surface area contributed by atoms with Gasteiger partial charge in [0.05, 0.1) is 6.61 Å². The highest BCUT2D eigenvalue weighted by Gasteiger charge is 2.20. The Morgan fingerprint density at radius 1 is 1.56 bits per heavy atom. The Kier molecular flexibility index (Phi) is 3.66. The summed E-state index contributed by atoms with van der Waals surface area (Å²) in [5.74, 6) is -0.206. The van der Waals surface area contributed by atoms with Gasteiger partial charge in [-0.1, -0.05) is 15.9 Å². The lowest BCUT2D eigenvalue weighted by molar-refractivity contribution is 0.0520. The van der Waals surface area contributed by atoms with E-state index in [1.165, 1.54) is 6.39 Å². The monoisotopic (exact) mass is 310 g/mol. The molecule has 6 heteroatoms. The minimum atomic E-state index is -0.524. The number of benzene rings is 1. The maximum atomic E-state index is 11.7. The average molecular weight is 311 g/mol. The average Bonchev–Trinajstić information content (AvgIpc) is 2.78. The zero-order chi connectivity index (χ0) is 13.1. The Balaban J connectivity index is 2.45. The first-order valence-corrected chi connectivity index (χ1v) is 6.08.